The van der Waals surface area contributed by atoms with E-state index in [1.165, 1.54) is 12.6 Å². The Morgan fingerprint density at radius 1 is 1.05 bits per heavy atom. The highest BCUT2D eigenvalue weighted by Gasteiger charge is 2.49. The summed E-state index contributed by atoms with van der Waals surface area (Å²) in [4.78, 5) is 26.9. The lowest BCUT2D eigenvalue weighted by atomic mass is 9.93. The van der Waals surface area contributed by atoms with Crippen LogP contribution in [0.4, 0.5) is 5.69 Å². The van der Waals surface area contributed by atoms with Gasteiger partial charge in [0.05, 0.1) is 5.56 Å². The molecule has 2 aromatic heterocycles. The SMILES string of the molecule is Cc1cc[n+]([O-])c(C)c1-c1ccc(NC(=O)[C@@H](NC(=O)c2ccc3n2CCNC3)C2C[C@@H]3C[C@H]3C2)cc1. The summed E-state index contributed by atoms with van der Waals surface area (Å²) in [6.07, 6.45) is 4.74. The fourth-order valence-corrected chi connectivity index (χ4v) is 6.33. The molecule has 37 heavy (non-hydrogen) atoms. The van der Waals surface area contributed by atoms with Crippen molar-refractivity contribution in [2.45, 2.75) is 52.2 Å². The first-order chi connectivity index (χ1) is 17.9. The number of pyridine rings is 1. The lowest BCUT2D eigenvalue weighted by Crippen LogP contribution is -2.49. The molecule has 3 aliphatic rings. The minimum absolute atomic E-state index is 0.145. The van der Waals surface area contributed by atoms with E-state index in [1.54, 1.807) is 0 Å². The van der Waals surface area contributed by atoms with Crippen LogP contribution in [0.2, 0.25) is 0 Å². The molecular formula is C29H33N5O3. The molecule has 2 saturated carbocycles. The van der Waals surface area contributed by atoms with Crippen molar-refractivity contribution in [2.75, 3.05) is 11.9 Å². The van der Waals surface area contributed by atoms with Crippen molar-refractivity contribution in [3.8, 4) is 11.1 Å². The molecule has 0 spiro atoms. The molecule has 0 unspecified atom stereocenters. The monoisotopic (exact) mass is 499 g/mol. The summed E-state index contributed by atoms with van der Waals surface area (Å²) in [5.41, 5.74) is 5.86. The first-order valence-corrected chi connectivity index (χ1v) is 13.2. The minimum Gasteiger partial charge on any atom is -0.618 e. The number of hydrogen-bond donors (Lipinski definition) is 3. The largest absolute Gasteiger partial charge is 0.618 e. The highest BCUT2D eigenvalue weighted by Crippen LogP contribution is 2.55. The summed E-state index contributed by atoms with van der Waals surface area (Å²) in [5.74, 6) is 1.18. The first-order valence-electron chi connectivity index (χ1n) is 13.2. The van der Waals surface area contributed by atoms with Crippen LogP contribution in [0.3, 0.4) is 0 Å². The maximum Gasteiger partial charge on any atom is 0.268 e. The molecule has 6 rings (SSSR count). The van der Waals surface area contributed by atoms with Gasteiger partial charge in [-0.3, -0.25) is 9.59 Å². The van der Waals surface area contributed by atoms with Crippen LogP contribution in [0.25, 0.3) is 11.1 Å². The van der Waals surface area contributed by atoms with Crippen molar-refractivity contribution >= 4 is 17.5 Å². The van der Waals surface area contributed by atoms with E-state index >= 15 is 0 Å². The van der Waals surface area contributed by atoms with Crippen molar-refractivity contribution in [1.82, 2.24) is 15.2 Å². The van der Waals surface area contributed by atoms with Crippen molar-refractivity contribution < 1.29 is 14.3 Å². The average molecular weight is 500 g/mol. The van der Waals surface area contributed by atoms with Gasteiger partial charge >= 0.3 is 0 Å². The number of aromatic nitrogens is 2. The predicted molar refractivity (Wildman–Crippen MR) is 141 cm³/mol. The molecule has 0 radical (unpaired) electrons. The maximum absolute atomic E-state index is 13.5. The van der Waals surface area contributed by atoms with Crippen molar-refractivity contribution in [2.24, 2.45) is 17.8 Å². The number of fused-ring (bicyclic) bond motifs is 2. The predicted octanol–water partition coefficient (Wildman–Crippen LogP) is 3.29. The fourth-order valence-electron chi connectivity index (χ4n) is 6.33. The van der Waals surface area contributed by atoms with E-state index in [9.17, 15) is 14.8 Å². The van der Waals surface area contributed by atoms with Gasteiger partial charge in [0, 0.05) is 44.0 Å². The lowest BCUT2D eigenvalue weighted by Gasteiger charge is -2.26. The summed E-state index contributed by atoms with van der Waals surface area (Å²) >= 11 is 0. The summed E-state index contributed by atoms with van der Waals surface area (Å²) in [6.45, 7) is 6.11. The van der Waals surface area contributed by atoms with Crippen LogP contribution < -0.4 is 20.7 Å². The van der Waals surface area contributed by atoms with Crippen molar-refractivity contribution in [1.29, 1.82) is 0 Å². The number of carbonyl (C=O) groups is 2. The van der Waals surface area contributed by atoms with E-state index in [2.05, 4.69) is 16.0 Å². The average Bonchev–Trinajstić information content (AvgIpc) is 3.29. The van der Waals surface area contributed by atoms with Gasteiger partial charge in [0.1, 0.15) is 11.7 Å². The molecule has 8 heteroatoms. The second-order valence-corrected chi connectivity index (χ2v) is 10.8. The molecule has 8 nitrogen and oxygen atoms in total. The molecule has 1 aromatic carbocycles. The van der Waals surface area contributed by atoms with Crippen LogP contribution in [-0.4, -0.2) is 29.0 Å². The molecule has 3 aromatic rings. The van der Waals surface area contributed by atoms with Gasteiger partial charge < -0.3 is 25.7 Å². The number of rotatable bonds is 6. The second kappa shape index (κ2) is 9.34. The topological polar surface area (TPSA) is 102 Å². The fraction of sp³-hybridized carbons (Fsp3) is 0.414. The third kappa shape index (κ3) is 4.50. The Morgan fingerprint density at radius 3 is 2.57 bits per heavy atom. The summed E-state index contributed by atoms with van der Waals surface area (Å²) in [6, 6.07) is 12.6. The van der Waals surface area contributed by atoms with Gasteiger partial charge in [-0.25, -0.2) is 0 Å². The molecule has 2 amide bonds. The Labute approximate surface area is 216 Å². The van der Waals surface area contributed by atoms with Crippen molar-refractivity contribution in [3.05, 3.63) is 76.5 Å². The summed E-state index contributed by atoms with van der Waals surface area (Å²) in [5, 5.41) is 21.5. The van der Waals surface area contributed by atoms with Crippen LogP contribution in [0.1, 0.15) is 46.7 Å². The number of amides is 2. The van der Waals surface area contributed by atoms with E-state index in [4.69, 9.17) is 0 Å². The zero-order chi connectivity index (χ0) is 25.7. The molecule has 0 bridgehead atoms. The minimum atomic E-state index is -0.578. The molecule has 3 atom stereocenters. The number of anilines is 1. The highest BCUT2D eigenvalue weighted by atomic mass is 16.5. The van der Waals surface area contributed by atoms with E-state index in [-0.39, 0.29) is 17.7 Å². The Hall–Kier alpha value is -3.65. The van der Waals surface area contributed by atoms with Crippen LogP contribution in [-0.2, 0) is 17.9 Å². The highest BCUT2D eigenvalue weighted by molar-refractivity contribution is 6.01. The molecule has 3 heterocycles. The van der Waals surface area contributed by atoms with E-state index in [0.29, 0.717) is 28.9 Å². The third-order valence-electron chi connectivity index (χ3n) is 8.43. The molecular weight excluding hydrogens is 466 g/mol. The number of nitrogens with one attached hydrogen (secondary N) is 3. The molecule has 2 aliphatic carbocycles. The molecule has 2 fully saturated rings. The van der Waals surface area contributed by atoms with E-state index in [1.807, 2.05) is 60.9 Å². The van der Waals surface area contributed by atoms with E-state index in [0.717, 1.165) is 59.6 Å². The Balaban J connectivity index is 1.20. The Kier molecular flexibility index (Phi) is 5.99. The van der Waals surface area contributed by atoms with Gasteiger partial charge in [-0.2, -0.15) is 4.73 Å². The normalized spacial score (nSPS) is 21.1. The zero-order valence-corrected chi connectivity index (χ0v) is 21.3. The maximum atomic E-state index is 13.5. The van der Waals surface area contributed by atoms with Crippen LogP contribution in [0, 0.1) is 36.8 Å². The van der Waals surface area contributed by atoms with Gasteiger partial charge in [0.25, 0.3) is 5.91 Å². The summed E-state index contributed by atoms with van der Waals surface area (Å²) < 4.78 is 2.92. The molecule has 192 valence electrons. The summed E-state index contributed by atoms with van der Waals surface area (Å²) in [7, 11) is 0. The number of benzene rings is 1. The van der Waals surface area contributed by atoms with Crippen LogP contribution in [0.15, 0.2) is 48.7 Å². The van der Waals surface area contributed by atoms with Gasteiger partial charge in [0.2, 0.25) is 5.91 Å². The van der Waals surface area contributed by atoms with Crippen LogP contribution in [0.5, 0.6) is 0 Å². The Bertz CT molecular complexity index is 1350. The molecule has 0 saturated heterocycles. The number of hydrogen-bond acceptors (Lipinski definition) is 4. The molecule has 3 N–H and O–H groups in total. The number of carbonyl (C=O) groups excluding carboxylic acids is 2. The number of nitrogens with zero attached hydrogens (tertiary/aromatic N) is 2. The third-order valence-corrected chi connectivity index (χ3v) is 8.43. The first kappa shape index (κ1) is 23.7. The molecule has 1 aliphatic heterocycles. The zero-order valence-electron chi connectivity index (χ0n) is 21.3. The van der Waals surface area contributed by atoms with Gasteiger partial charge in [-0.1, -0.05) is 12.1 Å². The standard InChI is InChI=1S/C29H33N5O3/c1-17-9-11-34(37)18(2)26(17)19-3-5-23(6-4-19)31-29(36)27(22-14-20-13-21(20)15-22)32-28(35)25-8-7-24-16-30-10-12-33(24)25/h3-9,11,20-22,27,30H,10,12-16H2,1-2H3,(H,31,36)(H,32,35)/t20-,21-,27-/m0/s1. The second-order valence-electron chi connectivity index (χ2n) is 10.8. The quantitative estimate of drug-likeness (QED) is 0.358. The lowest BCUT2D eigenvalue weighted by molar-refractivity contribution is -0.611. The van der Waals surface area contributed by atoms with Crippen molar-refractivity contribution in [3.63, 3.8) is 0 Å². The Morgan fingerprint density at radius 2 is 1.81 bits per heavy atom. The number of aryl methyl sites for hydroxylation is 1. The van der Waals surface area contributed by atoms with Crippen LogP contribution >= 0.6 is 0 Å². The van der Waals surface area contributed by atoms with E-state index < -0.39 is 6.04 Å². The van der Waals surface area contributed by atoms with Gasteiger partial charge in [-0.05, 0) is 79.3 Å². The van der Waals surface area contributed by atoms with Gasteiger partial charge in [0.15, 0.2) is 11.9 Å². The van der Waals surface area contributed by atoms with Gasteiger partial charge in [-0.15, -0.1) is 0 Å². The smallest absolute Gasteiger partial charge is 0.268 e.